The second-order valence-corrected chi connectivity index (χ2v) is 12.2. The maximum atomic E-state index is 13.0. The Hall–Kier alpha value is -2.34. The molecule has 2 heterocycles. The Balaban J connectivity index is 1.36. The average molecular weight is 559 g/mol. The molecule has 7 nitrogen and oxygen atoms in total. The van der Waals surface area contributed by atoms with Gasteiger partial charge in [-0.25, -0.2) is 8.42 Å². The lowest BCUT2D eigenvalue weighted by Crippen LogP contribution is -2.47. The van der Waals surface area contributed by atoms with E-state index in [1.54, 1.807) is 35.2 Å². The number of halogens is 4. The number of carbonyl (C=O) groups excluding carboxylic acids is 1. The van der Waals surface area contributed by atoms with E-state index in [4.69, 9.17) is 11.6 Å². The molecular formula is C25H30ClF3N4O3S. The van der Waals surface area contributed by atoms with E-state index in [2.05, 4.69) is 10.2 Å². The molecule has 2 fully saturated rings. The highest BCUT2D eigenvalue weighted by molar-refractivity contribution is 7.91. The first-order valence-electron chi connectivity index (χ1n) is 12.1. The summed E-state index contributed by atoms with van der Waals surface area (Å²) in [6, 6.07) is 12.4. The highest BCUT2D eigenvalue weighted by atomic mass is 35.5. The van der Waals surface area contributed by atoms with E-state index in [1.807, 2.05) is 17.0 Å². The minimum Gasteiger partial charge on any atom is -0.367 e. The molecule has 0 spiro atoms. The van der Waals surface area contributed by atoms with Gasteiger partial charge in [-0.15, -0.1) is 0 Å². The quantitative estimate of drug-likeness (QED) is 0.556. The van der Waals surface area contributed by atoms with Crippen molar-refractivity contribution in [3.8, 4) is 0 Å². The first-order valence-corrected chi connectivity index (χ1v) is 14.3. The van der Waals surface area contributed by atoms with Crippen molar-refractivity contribution in [1.82, 2.24) is 9.80 Å². The van der Waals surface area contributed by atoms with E-state index in [0.29, 0.717) is 62.1 Å². The topological polar surface area (TPSA) is 73.0 Å². The molecule has 0 saturated carbocycles. The van der Waals surface area contributed by atoms with Crippen molar-refractivity contribution < 1.29 is 26.4 Å². The zero-order valence-corrected chi connectivity index (χ0v) is 21.9. The number of nitrogens with one attached hydrogen (secondary N) is 1. The number of hydrogen-bond donors (Lipinski definition) is 1. The Bertz CT molecular complexity index is 1190. The van der Waals surface area contributed by atoms with Crippen molar-refractivity contribution in [2.24, 2.45) is 0 Å². The molecule has 2 aromatic carbocycles. The van der Waals surface area contributed by atoms with Crippen LogP contribution in [0.5, 0.6) is 0 Å². The molecule has 2 aliphatic heterocycles. The van der Waals surface area contributed by atoms with Gasteiger partial charge in [0.25, 0.3) is 5.91 Å². The van der Waals surface area contributed by atoms with Crippen LogP contribution in [-0.4, -0.2) is 87.6 Å². The van der Waals surface area contributed by atoms with Crippen LogP contribution >= 0.6 is 11.6 Å². The molecule has 12 heteroatoms. The van der Waals surface area contributed by atoms with Gasteiger partial charge in [-0.3, -0.25) is 14.6 Å². The molecule has 0 radical (unpaired) electrons. The zero-order valence-electron chi connectivity index (χ0n) is 20.3. The number of hydrogen-bond acceptors (Lipinski definition) is 6. The number of piperazine rings is 1. The smallest absolute Gasteiger partial charge is 0.367 e. The van der Waals surface area contributed by atoms with Crippen LogP contribution in [0.2, 0.25) is 5.02 Å². The number of sulfone groups is 1. The molecule has 0 aromatic heterocycles. The Labute approximate surface area is 220 Å². The normalized spacial score (nSPS) is 19.1. The summed E-state index contributed by atoms with van der Waals surface area (Å²) in [5.74, 6) is 0.0435. The van der Waals surface area contributed by atoms with Gasteiger partial charge in [-0.1, -0.05) is 23.7 Å². The van der Waals surface area contributed by atoms with Crippen LogP contribution in [0.4, 0.5) is 24.5 Å². The second kappa shape index (κ2) is 11.6. The van der Waals surface area contributed by atoms with Crippen LogP contribution in [0.1, 0.15) is 22.3 Å². The lowest BCUT2D eigenvalue weighted by Gasteiger charge is -2.37. The van der Waals surface area contributed by atoms with Gasteiger partial charge in [0.2, 0.25) is 0 Å². The van der Waals surface area contributed by atoms with Gasteiger partial charge in [0.05, 0.1) is 29.3 Å². The molecule has 0 bridgehead atoms. The lowest BCUT2D eigenvalue weighted by atomic mass is 10.1. The van der Waals surface area contributed by atoms with E-state index in [0.717, 1.165) is 11.3 Å². The SMILES string of the molecule is O=C(Nc1ccc(Cl)cc1N1CCN(CCC(F)(F)F)CC1)c1ccc(CN2CCS(=O)(=O)CC2)cc1. The summed E-state index contributed by atoms with van der Waals surface area (Å²) in [5, 5.41) is 3.44. The molecule has 1 amide bonds. The van der Waals surface area contributed by atoms with Crippen LogP contribution in [0.15, 0.2) is 42.5 Å². The molecule has 4 rings (SSSR count). The number of rotatable bonds is 7. The van der Waals surface area contributed by atoms with E-state index in [9.17, 15) is 26.4 Å². The van der Waals surface area contributed by atoms with Crippen LogP contribution in [0, 0.1) is 0 Å². The maximum absolute atomic E-state index is 13.0. The highest BCUT2D eigenvalue weighted by Crippen LogP contribution is 2.31. The predicted octanol–water partition coefficient (Wildman–Crippen LogP) is 3.90. The fourth-order valence-electron chi connectivity index (χ4n) is 4.49. The van der Waals surface area contributed by atoms with Gasteiger partial charge in [-0.05, 0) is 35.9 Å². The molecule has 2 saturated heterocycles. The van der Waals surface area contributed by atoms with Crippen molar-refractivity contribution in [3.63, 3.8) is 0 Å². The first-order chi connectivity index (χ1) is 17.5. The number of amides is 1. The van der Waals surface area contributed by atoms with Gasteiger partial charge < -0.3 is 10.2 Å². The van der Waals surface area contributed by atoms with E-state index in [-0.39, 0.29) is 24.0 Å². The Morgan fingerprint density at radius 2 is 1.57 bits per heavy atom. The maximum Gasteiger partial charge on any atom is 0.390 e. The minimum atomic E-state index is -4.17. The van der Waals surface area contributed by atoms with Crippen molar-refractivity contribution in [2.45, 2.75) is 19.1 Å². The summed E-state index contributed by atoms with van der Waals surface area (Å²) < 4.78 is 60.9. The number of carbonyl (C=O) groups is 1. The minimum absolute atomic E-state index is 0.0245. The van der Waals surface area contributed by atoms with E-state index >= 15 is 0 Å². The second-order valence-electron chi connectivity index (χ2n) is 9.43. The molecule has 2 aromatic rings. The predicted molar refractivity (Wildman–Crippen MR) is 139 cm³/mol. The van der Waals surface area contributed by atoms with Gasteiger partial charge in [0.15, 0.2) is 9.84 Å². The molecule has 0 aliphatic carbocycles. The number of benzene rings is 2. The summed E-state index contributed by atoms with van der Waals surface area (Å²) in [5.41, 5.74) is 2.78. The Morgan fingerprint density at radius 1 is 0.919 bits per heavy atom. The van der Waals surface area contributed by atoms with E-state index in [1.165, 1.54) is 0 Å². The monoisotopic (exact) mass is 558 g/mol. The average Bonchev–Trinajstić information content (AvgIpc) is 2.85. The van der Waals surface area contributed by atoms with Crippen LogP contribution in [0.3, 0.4) is 0 Å². The largest absolute Gasteiger partial charge is 0.390 e. The third-order valence-corrected chi connectivity index (χ3v) is 8.54. The van der Waals surface area contributed by atoms with Crippen LogP contribution in [-0.2, 0) is 16.4 Å². The first kappa shape index (κ1) is 27.7. The van der Waals surface area contributed by atoms with Crippen LogP contribution < -0.4 is 10.2 Å². The lowest BCUT2D eigenvalue weighted by molar-refractivity contribution is -0.138. The van der Waals surface area contributed by atoms with Crippen molar-refractivity contribution in [1.29, 1.82) is 0 Å². The molecule has 37 heavy (non-hydrogen) atoms. The van der Waals surface area contributed by atoms with Crippen molar-refractivity contribution in [2.75, 3.05) is 67.5 Å². The van der Waals surface area contributed by atoms with Crippen LogP contribution in [0.25, 0.3) is 0 Å². The third-order valence-electron chi connectivity index (χ3n) is 6.69. The summed E-state index contributed by atoms with van der Waals surface area (Å²) >= 11 is 6.22. The zero-order chi connectivity index (χ0) is 26.6. The molecule has 0 atom stereocenters. The van der Waals surface area contributed by atoms with Gasteiger partial charge >= 0.3 is 6.18 Å². The summed E-state index contributed by atoms with van der Waals surface area (Å²) in [7, 11) is -2.93. The molecule has 0 unspecified atom stereocenters. The van der Waals surface area contributed by atoms with E-state index < -0.39 is 22.4 Å². The molecule has 2 aliphatic rings. The highest BCUT2D eigenvalue weighted by Gasteiger charge is 2.29. The van der Waals surface area contributed by atoms with Gasteiger partial charge in [0.1, 0.15) is 0 Å². The summed E-state index contributed by atoms with van der Waals surface area (Å²) in [6.07, 6.45) is -5.00. The molecule has 1 N–H and O–H groups in total. The Kier molecular flexibility index (Phi) is 8.67. The number of anilines is 2. The van der Waals surface area contributed by atoms with Crippen molar-refractivity contribution in [3.05, 3.63) is 58.6 Å². The third kappa shape index (κ3) is 8.07. The fourth-order valence-corrected chi connectivity index (χ4v) is 5.94. The van der Waals surface area contributed by atoms with Gasteiger partial charge in [0, 0.05) is 62.9 Å². The Morgan fingerprint density at radius 3 is 2.19 bits per heavy atom. The summed E-state index contributed by atoms with van der Waals surface area (Å²) in [4.78, 5) is 18.9. The standard InChI is InChI=1S/C25H30ClF3N4O3S/c26-21-5-6-22(23(17-21)33-11-9-31(10-12-33)8-7-25(27,28)29)30-24(34)20-3-1-19(2-4-20)18-32-13-15-37(35,36)16-14-32/h1-6,17H,7-16,18H2,(H,30,34). The number of nitrogens with zero attached hydrogens (tertiary/aromatic N) is 3. The fraction of sp³-hybridized carbons (Fsp3) is 0.480. The molecular weight excluding hydrogens is 529 g/mol. The number of alkyl halides is 3. The van der Waals surface area contributed by atoms with Crippen molar-refractivity contribution >= 4 is 38.7 Å². The summed E-state index contributed by atoms with van der Waals surface area (Å²) in [6.45, 7) is 3.61. The molecule has 202 valence electrons. The van der Waals surface area contributed by atoms with Gasteiger partial charge in [-0.2, -0.15) is 13.2 Å².